The molecule has 1 aromatic carbocycles. The smallest absolute Gasteiger partial charge is 0.407 e. The van der Waals surface area contributed by atoms with Crippen molar-refractivity contribution < 1.29 is 19.4 Å². The van der Waals surface area contributed by atoms with Crippen molar-refractivity contribution in [1.29, 1.82) is 0 Å². The van der Waals surface area contributed by atoms with Gasteiger partial charge in [0.15, 0.2) is 5.75 Å². The van der Waals surface area contributed by atoms with Crippen LogP contribution in [0.3, 0.4) is 0 Å². The number of thiophene rings is 1. The van der Waals surface area contributed by atoms with Gasteiger partial charge < -0.3 is 21.3 Å². The van der Waals surface area contributed by atoms with Gasteiger partial charge >= 0.3 is 12.1 Å². The molecule has 1 aliphatic heterocycles. The number of carbonyl (C=O) groups is 2. The lowest BCUT2D eigenvalue weighted by atomic mass is 9.97. The van der Waals surface area contributed by atoms with Crippen LogP contribution in [-0.2, 0) is 6.54 Å². The monoisotopic (exact) mass is 404 g/mol. The van der Waals surface area contributed by atoms with Crippen LogP contribution in [0.2, 0.25) is 0 Å². The standard InChI is InChI=1S/C19H24N4O4S/c20-18(25)22-17-15(27-19(21)26)9-16(28-17)14-3-1-12(2-4-14)10-23-7-5-13(11-24)6-8-23/h1-4,9,13,24H,5-8,10-11H2,(H2,21,26)(H3,20,22,25). The van der Waals surface area contributed by atoms with Gasteiger partial charge in [-0.05, 0) is 43.0 Å². The van der Waals surface area contributed by atoms with Crippen molar-refractivity contribution in [3.63, 3.8) is 0 Å². The Balaban J connectivity index is 1.69. The molecule has 1 saturated heterocycles. The van der Waals surface area contributed by atoms with Crippen molar-refractivity contribution in [1.82, 2.24) is 4.90 Å². The highest BCUT2D eigenvalue weighted by atomic mass is 32.1. The van der Waals surface area contributed by atoms with Gasteiger partial charge in [0.25, 0.3) is 0 Å². The van der Waals surface area contributed by atoms with Crippen LogP contribution in [0, 0.1) is 5.92 Å². The first-order valence-electron chi connectivity index (χ1n) is 9.04. The molecule has 0 bridgehead atoms. The molecule has 3 rings (SSSR count). The van der Waals surface area contributed by atoms with E-state index in [1.807, 2.05) is 12.1 Å². The molecule has 3 amide bonds. The predicted molar refractivity (Wildman–Crippen MR) is 108 cm³/mol. The molecule has 0 atom stereocenters. The third kappa shape index (κ3) is 5.22. The molecule has 2 aromatic rings. The molecule has 28 heavy (non-hydrogen) atoms. The first-order valence-corrected chi connectivity index (χ1v) is 9.86. The minimum atomic E-state index is -0.961. The lowest BCUT2D eigenvalue weighted by molar-refractivity contribution is 0.127. The highest BCUT2D eigenvalue weighted by Crippen LogP contribution is 2.40. The highest BCUT2D eigenvalue weighted by Gasteiger charge is 2.19. The highest BCUT2D eigenvalue weighted by molar-refractivity contribution is 7.20. The van der Waals surface area contributed by atoms with Crippen molar-refractivity contribution in [2.75, 3.05) is 25.0 Å². The summed E-state index contributed by atoms with van der Waals surface area (Å²) in [5.74, 6) is 0.597. The molecule has 0 spiro atoms. The lowest BCUT2D eigenvalue weighted by Gasteiger charge is -2.31. The average Bonchev–Trinajstić information content (AvgIpc) is 3.04. The number of nitrogens with one attached hydrogen (secondary N) is 1. The molecule has 8 nitrogen and oxygen atoms in total. The third-order valence-electron chi connectivity index (χ3n) is 4.76. The topological polar surface area (TPSA) is 131 Å². The predicted octanol–water partition coefficient (Wildman–Crippen LogP) is 2.57. The van der Waals surface area contributed by atoms with Gasteiger partial charge in [-0.25, -0.2) is 9.59 Å². The SMILES string of the molecule is NC(=O)Nc1sc(-c2ccc(CN3CCC(CO)CC3)cc2)cc1OC(N)=O. The number of aliphatic hydroxyl groups is 1. The normalized spacial score (nSPS) is 15.3. The van der Waals surface area contributed by atoms with Crippen molar-refractivity contribution in [2.24, 2.45) is 17.4 Å². The molecule has 1 aliphatic rings. The number of anilines is 1. The molecule has 150 valence electrons. The quantitative estimate of drug-likeness (QED) is 0.588. The van der Waals surface area contributed by atoms with Crippen LogP contribution in [0.15, 0.2) is 30.3 Å². The van der Waals surface area contributed by atoms with E-state index >= 15 is 0 Å². The number of nitrogens with two attached hydrogens (primary N) is 2. The fraction of sp³-hybridized carbons (Fsp3) is 0.368. The number of likely N-dealkylation sites (tertiary alicyclic amines) is 1. The molecule has 2 heterocycles. The Morgan fingerprint density at radius 1 is 1.21 bits per heavy atom. The van der Waals surface area contributed by atoms with Gasteiger partial charge in [-0.3, -0.25) is 10.2 Å². The first kappa shape index (κ1) is 20.1. The van der Waals surface area contributed by atoms with Gasteiger partial charge in [-0.2, -0.15) is 0 Å². The van der Waals surface area contributed by atoms with Gasteiger partial charge in [0, 0.05) is 24.1 Å². The molecule has 9 heteroatoms. The maximum Gasteiger partial charge on any atom is 0.410 e. The summed E-state index contributed by atoms with van der Waals surface area (Å²) in [6.45, 7) is 3.13. The minimum Gasteiger partial charge on any atom is -0.407 e. The number of rotatable bonds is 6. The second kappa shape index (κ2) is 9.05. The summed E-state index contributed by atoms with van der Waals surface area (Å²) in [6, 6.07) is 9.00. The van der Waals surface area contributed by atoms with Crippen LogP contribution < -0.4 is 21.5 Å². The summed E-state index contributed by atoms with van der Waals surface area (Å²) >= 11 is 1.25. The van der Waals surface area contributed by atoms with Gasteiger partial charge in [0.2, 0.25) is 0 Å². The number of benzene rings is 1. The van der Waals surface area contributed by atoms with Crippen LogP contribution in [-0.4, -0.2) is 41.8 Å². The summed E-state index contributed by atoms with van der Waals surface area (Å²) in [5.41, 5.74) is 12.4. The van der Waals surface area contributed by atoms with Crippen molar-refractivity contribution >= 4 is 28.5 Å². The number of hydrogen-bond donors (Lipinski definition) is 4. The van der Waals surface area contributed by atoms with E-state index < -0.39 is 12.1 Å². The Morgan fingerprint density at radius 3 is 2.46 bits per heavy atom. The molecule has 1 fully saturated rings. The molecular formula is C19H24N4O4S. The molecule has 0 radical (unpaired) electrons. The fourth-order valence-corrected chi connectivity index (χ4v) is 4.25. The van der Waals surface area contributed by atoms with Crippen LogP contribution in [0.1, 0.15) is 18.4 Å². The van der Waals surface area contributed by atoms with Gasteiger partial charge in [-0.15, -0.1) is 11.3 Å². The molecule has 6 N–H and O–H groups in total. The number of nitrogens with zero attached hydrogens (tertiary/aromatic N) is 1. The van der Waals surface area contributed by atoms with Crippen LogP contribution in [0.4, 0.5) is 14.6 Å². The summed E-state index contributed by atoms with van der Waals surface area (Å²) in [4.78, 5) is 25.4. The average molecular weight is 404 g/mol. The van der Waals surface area contributed by atoms with E-state index in [4.69, 9.17) is 16.2 Å². The Kier molecular flexibility index (Phi) is 6.50. The maximum absolute atomic E-state index is 11.2. The number of hydrogen-bond acceptors (Lipinski definition) is 6. The Labute approximate surface area is 167 Å². The number of amides is 3. The van der Waals surface area contributed by atoms with E-state index in [9.17, 15) is 14.7 Å². The van der Waals surface area contributed by atoms with Crippen molar-refractivity contribution in [2.45, 2.75) is 19.4 Å². The molecule has 1 aromatic heterocycles. The zero-order chi connectivity index (χ0) is 20.1. The summed E-state index contributed by atoms with van der Waals surface area (Å²) in [7, 11) is 0. The lowest BCUT2D eigenvalue weighted by Crippen LogP contribution is -2.34. The van der Waals surface area contributed by atoms with E-state index in [0.717, 1.165) is 42.9 Å². The fourth-order valence-electron chi connectivity index (χ4n) is 3.26. The molecule has 0 saturated carbocycles. The number of carbonyl (C=O) groups excluding carboxylic acids is 2. The van der Waals surface area contributed by atoms with E-state index in [1.165, 1.54) is 16.9 Å². The first-order chi connectivity index (χ1) is 13.4. The van der Waals surface area contributed by atoms with E-state index in [2.05, 4.69) is 22.3 Å². The van der Waals surface area contributed by atoms with E-state index in [0.29, 0.717) is 10.9 Å². The third-order valence-corrected chi connectivity index (χ3v) is 5.84. The van der Waals surface area contributed by atoms with Crippen LogP contribution in [0.5, 0.6) is 5.75 Å². The van der Waals surface area contributed by atoms with Crippen LogP contribution >= 0.6 is 11.3 Å². The number of aliphatic hydroxyl groups excluding tert-OH is 1. The number of primary amides is 2. The zero-order valence-corrected chi connectivity index (χ0v) is 16.2. The largest absolute Gasteiger partial charge is 0.410 e. The van der Waals surface area contributed by atoms with Gasteiger partial charge in [0.05, 0.1) is 0 Å². The Bertz CT molecular complexity index is 795. The number of piperidine rings is 1. The van der Waals surface area contributed by atoms with Gasteiger partial charge in [0.1, 0.15) is 5.00 Å². The van der Waals surface area contributed by atoms with Crippen LogP contribution in [0.25, 0.3) is 10.4 Å². The zero-order valence-electron chi connectivity index (χ0n) is 15.4. The molecular weight excluding hydrogens is 380 g/mol. The van der Waals surface area contributed by atoms with Gasteiger partial charge in [-0.1, -0.05) is 24.3 Å². The molecule has 0 unspecified atom stereocenters. The summed E-state index contributed by atoms with van der Waals surface area (Å²) in [5, 5.41) is 12.0. The molecule has 0 aliphatic carbocycles. The van der Waals surface area contributed by atoms with E-state index in [1.54, 1.807) is 6.07 Å². The second-order valence-electron chi connectivity index (χ2n) is 6.81. The summed E-state index contributed by atoms with van der Waals surface area (Å²) < 4.78 is 4.95. The maximum atomic E-state index is 11.2. The van der Waals surface area contributed by atoms with Crippen molar-refractivity contribution in [3.05, 3.63) is 35.9 Å². The number of ether oxygens (including phenoxy) is 1. The summed E-state index contributed by atoms with van der Waals surface area (Å²) in [6.07, 6.45) is 1.10. The number of urea groups is 1. The van der Waals surface area contributed by atoms with Crippen molar-refractivity contribution in [3.8, 4) is 16.2 Å². The minimum absolute atomic E-state index is 0.169. The van der Waals surface area contributed by atoms with E-state index in [-0.39, 0.29) is 12.4 Å². The second-order valence-corrected chi connectivity index (χ2v) is 7.87. The Hall–Kier alpha value is -2.62. The Morgan fingerprint density at radius 2 is 1.89 bits per heavy atom.